The number of nitrogens with one attached hydrogen (secondary N) is 1. The molecule has 2 heterocycles. The van der Waals surface area contributed by atoms with E-state index in [2.05, 4.69) is 52.7 Å². The van der Waals surface area contributed by atoms with Gasteiger partial charge in [-0.05, 0) is 79.5 Å². The molecule has 4 atom stereocenters. The summed E-state index contributed by atoms with van der Waals surface area (Å²) >= 11 is 0. The minimum Gasteiger partial charge on any atom is -0.339 e. The maximum absolute atomic E-state index is 14.6. The van der Waals surface area contributed by atoms with Gasteiger partial charge < -0.3 is 10.2 Å². The molecule has 0 aromatic heterocycles. The fraction of sp³-hybridized carbons (Fsp3) is 0.562. The van der Waals surface area contributed by atoms with Crippen LogP contribution in [0, 0.1) is 23.2 Å². The first-order valence-corrected chi connectivity index (χ1v) is 14.3. The number of hydrogen-bond donors (Lipinski definition) is 1. The van der Waals surface area contributed by atoms with E-state index in [1.165, 1.54) is 48.8 Å². The van der Waals surface area contributed by atoms with Gasteiger partial charge in [0.1, 0.15) is 0 Å². The van der Waals surface area contributed by atoms with Crippen LogP contribution in [0.5, 0.6) is 0 Å². The first-order chi connectivity index (χ1) is 17.7. The van der Waals surface area contributed by atoms with E-state index in [-0.39, 0.29) is 11.3 Å². The predicted molar refractivity (Wildman–Crippen MR) is 143 cm³/mol. The lowest BCUT2D eigenvalue weighted by Gasteiger charge is -2.48. The van der Waals surface area contributed by atoms with Crippen molar-refractivity contribution in [3.63, 3.8) is 0 Å². The number of fused-ring (bicyclic) bond motifs is 2. The van der Waals surface area contributed by atoms with Crippen LogP contribution >= 0.6 is 0 Å². The van der Waals surface area contributed by atoms with Crippen LogP contribution in [0.25, 0.3) is 0 Å². The van der Waals surface area contributed by atoms with E-state index in [4.69, 9.17) is 0 Å². The van der Waals surface area contributed by atoms with Crippen LogP contribution in [0.3, 0.4) is 0 Å². The molecule has 2 aliphatic heterocycles. The molecule has 0 bridgehead atoms. The molecule has 2 aromatic rings. The van der Waals surface area contributed by atoms with E-state index in [0.717, 1.165) is 57.3 Å². The summed E-state index contributed by atoms with van der Waals surface area (Å²) in [7, 11) is 0. The fourth-order valence-corrected chi connectivity index (χ4v) is 8.23. The maximum atomic E-state index is 14.6. The summed E-state index contributed by atoms with van der Waals surface area (Å²) in [5, 5.41) is 13.4. The molecule has 188 valence electrons. The highest BCUT2D eigenvalue weighted by Gasteiger charge is 2.52. The summed E-state index contributed by atoms with van der Waals surface area (Å²) in [6, 6.07) is 19.9. The molecule has 0 radical (unpaired) electrons. The summed E-state index contributed by atoms with van der Waals surface area (Å²) in [5.41, 5.74) is 4.53. The van der Waals surface area contributed by atoms with Crippen molar-refractivity contribution in [1.29, 1.82) is 5.26 Å². The van der Waals surface area contributed by atoms with Crippen molar-refractivity contribution in [2.75, 3.05) is 19.6 Å². The monoisotopic (exact) mass is 481 g/mol. The molecular weight excluding hydrogens is 442 g/mol. The van der Waals surface area contributed by atoms with Crippen molar-refractivity contribution in [1.82, 2.24) is 10.2 Å². The van der Waals surface area contributed by atoms with Gasteiger partial charge in [0.05, 0.1) is 17.6 Å². The first kappa shape index (κ1) is 23.7. The standard InChI is InChI=1S/C32H39N3O/c33-20-26-13-7-15-28-27(26)14-8-17-32(28)22-34-21-29(32)31(36)35-18-16-25(23-9-3-1-4-10-23)19-30(35)24-11-5-2-6-12-24/h1,3-4,7,9-10,13,15,24-25,29-30,34H,2,5-6,8,11-12,14,16-19,21-22H2. The highest BCUT2D eigenvalue weighted by molar-refractivity contribution is 5.82. The fourth-order valence-electron chi connectivity index (χ4n) is 8.23. The van der Waals surface area contributed by atoms with E-state index in [1.54, 1.807) is 0 Å². The number of benzene rings is 2. The maximum Gasteiger partial charge on any atom is 0.228 e. The van der Waals surface area contributed by atoms with Crippen molar-refractivity contribution >= 4 is 5.91 Å². The van der Waals surface area contributed by atoms with Crippen LogP contribution in [0.1, 0.15) is 86.0 Å². The predicted octanol–water partition coefficient (Wildman–Crippen LogP) is 5.71. The van der Waals surface area contributed by atoms with Gasteiger partial charge in [-0.2, -0.15) is 5.26 Å². The van der Waals surface area contributed by atoms with E-state index in [9.17, 15) is 10.1 Å². The molecule has 6 rings (SSSR count). The SMILES string of the molecule is N#Cc1cccc2c1CCCC21CNCC1C(=O)N1CCC(c2ccccc2)CC1C1CCCCC1. The lowest BCUT2D eigenvalue weighted by Crippen LogP contribution is -2.55. The summed E-state index contributed by atoms with van der Waals surface area (Å²) in [6.07, 6.45) is 11.7. The Balaban J connectivity index is 1.32. The third-order valence-corrected chi connectivity index (χ3v) is 10.0. The van der Waals surface area contributed by atoms with E-state index >= 15 is 0 Å². The molecule has 4 nitrogen and oxygen atoms in total. The Kier molecular flexibility index (Phi) is 6.61. The average molecular weight is 482 g/mol. The number of nitriles is 1. The van der Waals surface area contributed by atoms with Gasteiger partial charge in [-0.1, -0.05) is 61.7 Å². The highest BCUT2D eigenvalue weighted by Crippen LogP contribution is 2.48. The number of rotatable bonds is 3. The smallest absolute Gasteiger partial charge is 0.228 e. The number of nitrogens with zero attached hydrogens (tertiary/aromatic N) is 2. The normalized spacial score (nSPS) is 30.6. The molecule has 1 saturated carbocycles. The number of carbonyl (C=O) groups is 1. The van der Waals surface area contributed by atoms with Crippen LogP contribution in [0.15, 0.2) is 48.5 Å². The van der Waals surface area contributed by atoms with Gasteiger partial charge >= 0.3 is 0 Å². The summed E-state index contributed by atoms with van der Waals surface area (Å²) in [5.74, 6) is 1.51. The van der Waals surface area contributed by atoms with Crippen molar-refractivity contribution in [2.45, 2.75) is 81.6 Å². The van der Waals surface area contributed by atoms with Crippen LogP contribution in [-0.2, 0) is 16.6 Å². The molecule has 4 heteroatoms. The average Bonchev–Trinajstić information content (AvgIpc) is 3.37. The lowest BCUT2D eigenvalue weighted by molar-refractivity contribution is -0.143. The van der Waals surface area contributed by atoms with Gasteiger partial charge in [-0.15, -0.1) is 0 Å². The molecule has 2 saturated heterocycles. The number of piperidine rings is 1. The first-order valence-electron chi connectivity index (χ1n) is 14.3. The van der Waals surface area contributed by atoms with E-state index in [0.29, 0.717) is 23.8 Å². The Morgan fingerprint density at radius 2 is 1.83 bits per heavy atom. The molecule has 36 heavy (non-hydrogen) atoms. The topological polar surface area (TPSA) is 56.1 Å². The zero-order valence-corrected chi connectivity index (χ0v) is 21.4. The number of hydrogen-bond acceptors (Lipinski definition) is 3. The number of carbonyl (C=O) groups excluding carboxylic acids is 1. The summed E-state index contributed by atoms with van der Waals surface area (Å²) in [6.45, 7) is 2.47. The van der Waals surface area contributed by atoms with Crippen LogP contribution in [0.4, 0.5) is 0 Å². The summed E-state index contributed by atoms with van der Waals surface area (Å²) in [4.78, 5) is 16.9. The molecule has 1 amide bonds. The molecule has 1 spiro atoms. The molecular formula is C32H39N3O. The number of amides is 1. The Hall–Kier alpha value is -2.64. The molecule has 3 fully saturated rings. The Labute approximate surface area is 216 Å². The van der Waals surface area contributed by atoms with Crippen molar-refractivity contribution in [3.8, 4) is 6.07 Å². The molecule has 2 aliphatic carbocycles. The Morgan fingerprint density at radius 1 is 1.00 bits per heavy atom. The van der Waals surface area contributed by atoms with Gasteiger partial charge in [0.15, 0.2) is 0 Å². The minimum absolute atomic E-state index is 0.0372. The second kappa shape index (κ2) is 10.0. The van der Waals surface area contributed by atoms with Crippen LogP contribution in [-0.4, -0.2) is 36.5 Å². The van der Waals surface area contributed by atoms with Gasteiger partial charge in [-0.3, -0.25) is 4.79 Å². The Bertz CT molecular complexity index is 1130. The third kappa shape index (κ3) is 4.06. The quantitative estimate of drug-likeness (QED) is 0.611. The third-order valence-electron chi connectivity index (χ3n) is 10.0. The van der Waals surface area contributed by atoms with Gasteiger partial charge in [-0.25, -0.2) is 0 Å². The van der Waals surface area contributed by atoms with Gasteiger partial charge in [0, 0.05) is 31.1 Å². The largest absolute Gasteiger partial charge is 0.339 e. The molecule has 4 unspecified atom stereocenters. The molecule has 1 N–H and O–H groups in total. The second-order valence-electron chi connectivity index (χ2n) is 11.8. The zero-order valence-electron chi connectivity index (χ0n) is 21.4. The van der Waals surface area contributed by atoms with Crippen LogP contribution in [0.2, 0.25) is 0 Å². The lowest BCUT2D eigenvalue weighted by atomic mass is 9.63. The number of likely N-dealkylation sites (tertiary alicyclic amines) is 1. The van der Waals surface area contributed by atoms with E-state index < -0.39 is 0 Å². The Morgan fingerprint density at radius 3 is 2.64 bits per heavy atom. The van der Waals surface area contributed by atoms with Crippen molar-refractivity contribution < 1.29 is 4.79 Å². The van der Waals surface area contributed by atoms with Gasteiger partial charge in [0.25, 0.3) is 0 Å². The molecule has 4 aliphatic rings. The molecule has 2 aromatic carbocycles. The van der Waals surface area contributed by atoms with E-state index in [1.807, 2.05) is 12.1 Å². The van der Waals surface area contributed by atoms with Crippen LogP contribution < -0.4 is 5.32 Å². The zero-order chi connectivity index (χ0) is 24.5. The minimum atomic E-state index is -0.176. The summed E-state index contributed by atoms with van der Waals surface area (Å²) < 4.78 is 0. The van der Waals surface area contributed by atoms with Crippen molar-refractivity contribution in [2.24, 2.45) is 11.8 Å². The highest BCUT2D eigenvalue weighted by atomic mass is 16.2. The van der Waals surface area contributed by atoms with Crippen molar-refractivity contribution in [3.05, 3.63) is 70.8 Å². The second-order valence-corrected chi connectivity index (χ2v) is 11.8. The van der Waals surface area contributed by atoms with Gasteiger partial charge in [0.2, 0.25) is 5.91 Å².